The number of anilines is 2. The number of aliphatic hydroxyl groups excluding tert-OH is 1. The zero-order chi connectivity index (χ0) is 14.5. The first-order valence-electron chi connectivity index (χ1n) is 6.67. The fourth-order valence-electron chi connectivity index (χ4n) is 2.26. The van der Waals surface area contributed by atoms with E-state index in [1.807, 2.05) is 37.3 Å². The van der Waals surface area contributed by atoms with E-state index in [0.717, 1.165) is 22.4 Å². The van der Waals surface area contributed by atoms with Crippen LogP contribution < -0.4 is 16.2 Å². The summed E-state index contributed by atoms with van der Waals surface area (Å²) in [6.45, 7) is 2.64. The molecule has 106 valence electrons. The Hall–Kier alpha value is -2.20. The van der Waals surface area contributed by atoms with Gasteiger partial charge in [0.2, 0.25) is 0 Å². The van der Waals surface area contributed by atoms with Crippen LogP contribution in [0.4, 0.5) is 11.4 Å². The van der Waals surface area contributed by atoms with E-state index in [1.165, 1.54) is 0 Å². The summed E-state index contributed by atoms with van der Waals surface area (Å²) in [5, 5.41) is 9.19. The summed E-state index contributed by atoms with van der Waals surface area (Å²) in [7, 11) is 0. The van der Waals surface area contributed by atoms with Crippen LogP contribution in [0.1, 0.15) is 12.5 Å². The summed E-state index contributed by atoms with van der Waals surface area (Å²) in [6, 6.07) is 11.4. The molecule has 0 aromatic heterocycles. The molecule has 0 fully saturated rings. The minimum absolute atomic E-state index is 0.0537. The molecule has 0 heterocycles. The molecule has 0 aliphatic carbocycles. The molecule has 0 aliphatic heterocycles. The highest BCUT2D eigenvalue weighted by atomic mass is 16.5. The first-order chi connectivity index (χ1) is 9.65. The number of rotatable bonds is 5. The molecule has 2 aromatic carbocycles. The van der Waals surface area contributed by atoms with E-state index in [-0.39, 0.29) is 6.61 Å². The number of hydrogen-bond acceptors (Lipinski definition) is 4. The highest BCUT2D eigenvalue weighted by molar-refractivity contribution is 5.77. The second-order valence-electron chi connectivity index (χ2n) is 4.57. The van der Waals surface area contributed by atoms with Crippen molar-refractivity contribution in [1.82, 2.24) is 0 Å². The van der Waals surface area contributed by atoms with Gasteiger partial charge in [-0.3, -0.25) is 0 Å². The van der Waals surface area contributed by atoms with Gasteiger partial charge in [-0.15, -0.1) is 0 Å². The zero-order valence-corrected chi connectivity index (χ0v) is 11.6. The van der Waals surface area contributed by atoms with Gasteiger partial charge in [-0.05, 0) is 54.3 Å². The van der Waals surface area contributed by atoms with E-state index >= 15 is 0 Å². The monoisotopic (exact) mass is 272 g/mol. The number of hydrogen-bond donors (Lipinski definition) is 3. The molecule has 2 aromatic rings. The Bertz CT molecular complexity index is 580. The molecule has 0 atom stereocenters. The Labute approximate surface area is 119 Å². The molecule has 0 saturated carbocycles. The van der Waals surface area contributed by atoms with Crippen LogP contribution in [0.2, 0.25) is 0 Å². The molecule has 0 bridgehead atoms. The summed E-state index contributed by atoms with van der Waals surface area (Å²) < 4.78 is 5.43. The van der Waals surface area contributed by atoms with Gasteiger partial charge in [0, 0.05) is 18.0 Å². The van der Waals surface area contributed by atoms with Crippen molar-refractivity contribution in [2.75, 3.05) is 24.7 Å². The van der Waals surface area contributed by atoms with E-state index < -0.39 is 0 Å². The van der Waals surface area contributed by atoms with E-state index in [4.69, 9.17) is 16.2 Å². The normalized spacial score (nSPS) is 10.5. The van der Waals surface area contributed by atoms with Crippen LogP contribution in [0.25, 0.3) is 11.1 Å². The van der Waals surface area contributed by atoms with Crippen molar-refractivity contribution in [2.24, 2.45) is 0 Å². The molecule has 5 N–H and O–H groups in total. The molecular weight excluding hydrogens is 252 g/mol. The van der Waals surface area contributed by atoms with Crippen molar-refractivity contribution >= 4 is 11.4 Å². The van der Waals surface area contributed by atoms with Crippen LogP contribution >= 0.6 is 0 Å². The predicted octanol–water partition coefficient (Wildman–Crippen LogP) is 2.45. The Morgan fingerprint density at radius 3 is 2.40 bits per heavy atom. The van der Waals surface area contributed by atoms with E-state index in [1.54, 1.807) is 6.07 Å². The van der Waals surface area contributed by atoms with Crippen molar-refractivity contribution < 1.29 is 9.84 Å². The highest BCUT2D eigenvalue weighted by Gasteiger charge is 2.10. The number of ether oxygens (including phenoxy) is 1. The van der Waals surface area contributed by atoms with Gasteiger partial charge in [0.1, 0.15) is 5.75 Å². The lowest BCUT2D eigenvalue weighted by atomic mass is 9.95. The van der Waals surface area contributed by atoms with Gasteiger partial charge in [0.05, 0.1) is 6.61 Å². The lowest BCUT2D eigenvalue weighted by Gasteiger charge is -2.14. The number of nitrogens with two attached hydrogens (primary N) is 2. The molecule has 0 spiro atoms. The first kappa shape index (κ1) is 14.2. The average Bonchev–Trinajstić information content (AvgIpc) is 2.43. The third-order valence-corrected chi connectivity index (χ3v) is 3.14. The zero-order valence-electron chi connectivity index (χ0n) is 11.6. The smallest absolute Gasteiger partial charge is 0.119 e. The molecular formula is C16H20N2O2. The van der Waals surface area contributed by atoms with E-state index in [9.17, 15) is 5.11 Å². The third kappa shape index (κ3) is 3.03. The molecule has 4 heteroatoms. The summed E-state index contributed by atoms with van der Waals surface area (Å²) in [5.41, 5.74) is 16.0. The van der Waals surface area contributed by atoms with Gasteiger partial charge >= 0.3 is 0 Å². The van der Waals surface area contributed by atoms with Gasteiger partial charge < -0.3 is 21.3 Å². The SMILES string of the molecule is CCOc1ccc(-c2cc(N)cc(N)c2CCO)cc1. The number of benzene rings is 2. The molecule has 2 rings (SSSR count). The van der Waals surface area contributed by atoms with Crippen molar-refractivity contribution in [2.45, 2.75) is 13.3 Å². The van der Waals surface area contributed by atoms with Gasteiger partial charge in [0.15, 0.2) is 0 Å². The molecule has 20 heavy (non-hydrogen) atoms. The third-order valence-electron chi connectivity index (χ3n) is 3.14. The fraction of sp³-hybridized carbons (Fsp3) is 0.250. The second kappa shape index (κ2) is 6.30. The predicted molar refractivity (Wildman–Crippen MR) is 82.7 cm³/mol. The first-order valence-corrected chi connectivity index (χ1v) is 6.67. The van der Waals surface area contributed by atoms with Gasteiger partial charge in [0.25, 0.3) is 0 Å². The van der Waals surface area contributed by atoms with Crippen LogP contribution in [-0.2, 0) is 6.42 Å². The Kier molecular flexibility index (Phi) is 4.48. The standard InChI is InChI=1S/C16H20N2O2/c1-2-20-13-5-3-11(4-6-13)15-9-12(17)10-16(18)14(15)7-8-19/h3-6,9-10,19H,2,7-8,17-18H2,1H3. The molecule has 0 radical (unpaired) electrons. The Balaban J connectivity index is 2.44. The maximum absolute atomic E-state index is 9.19. The lowest BCUT2D eigenvalue weighted by Crippen LogP contribution is -2.02. The topological polar surface area (TPSA) is 81.5 Å². The molecule has 4 nitrogen and oxygen atoms in total. The van der Waals surface area contributed by atoms with Crippen molar-refractivity contribution in [3.8, 4) is 16.9 Å². The number of aliphatic hydroxyl groups is 1. The molecule has 0 aliphatic rings. The van der Waals surface area contributed by atoms with Crippen LogP contribution in [0.5, 0.6) is 5.75 Å². The lowest BCUT2D eigenvalue weighted by molar-refractivity contribution is 0.300. The Morgan fingerprint density at radius 1 is 1.10 bits per heavy atom. The summed E-state index contributed by atoms with van der Waals surface area (Å²) in [6.07, 6.45) is 0.509. The summed E-state index contributed by atoms with van der Waals surface area (Å²) in [5.74, 6) is 0.830. The van der Waals surface area contributed by atoms with Crippen LogP contribution in [0.15, 0.2) is 36.4 Å². The summed E-state index contributed by atoms with van der Waals surface area (Å²) in [4.78, 5) is 0. The molecule has 0 saturated heterocycles. The van der Waals surface area contributed by atoms with Crippen LogP contribution in [0, 0.1) is 0 Å². The van der Waals surface area contributed by atoms with Crippen LogP contribution in [-0.4, -0.2) is 18.3 Å². The van der Waals surface area contributed by atoms with Crippen molar-refractivity contribution in [1.29, 1.82) is 0 Å². The van der Waals surface area contributed by atoms with Gasteiger partial charge in [-0.1, -0.05) is 12.1 Å². The minimum Gasteiger partial charge on any atom is -0.494 e. The van der Waals surface area contributed by atoms with Gasteiger partial charge in [-0.25, -0.2) is 0 Å². The van der Waals surface area contributed by atoms with Crippen molar-refractivity contribution in [3.05, 3.63) is 42.0 Å². The Morgan fingerprint density at radius 2 is 1.80 bits per heavy atom. The fourth-order valence-corrected chi connectivity index (χ4v) is 2.26. The van der Waals surface area contributed by atoms with Gasteiger partial charge in [-0.2, -0.15) is 0 Å². The van der Waals surface area contributed by atoms with Crippen molar-refractivity contribution in [3.63, 3.8) is 0 Å². The summed E-state index contributed by atoms with van der Waals surface area (Å²) >= 11 is 0. The van der Waals surface area contributed by atoms with Crippen LogP contribution in [0.3, 0.4) is 0 Å². The largest absolute Gasteiger partial charge is 0.494 e. The molecule has 0 amide bonds. The second-order valence-corrected chi connectivity index (χ2v) is 4.57. The minimum atomic E-state index is 0.0537. The van der Waals surface area contributed by atoms with E-state index in [2.05, 4.69) is 0 Å². The quantitative estimate of drug-likeness (QED) is 0.730. The maximum atomic E-state index is 9.19. The molecule has 0 unspecified atom stereocenters. The highest BCUT2D eigenvalue weighted by Crippen LogP contribution is 2.32. The average molecular weight is 272 g/mol. The maximum Gasteiger partial charge on any atom is 0.119 e. The number of nitrogen functional groups attached to an aromatic ring is 2. The van der Waals surface area contributed by atoms with E-state index in [0.29, 0.717) is 24.4 Å².